The number of carbonyl (C=O) groups excluding carboxylic acids is 1. The molecule has 3 rings (SSSR count). The SMILES string of the molecule is Cc1cc(C)n2nc(C(=O)NCc3ccccc3C)nc2n1. The average molecular weight is 295 g/mol. The Kier molecular flexibility index (Phi) is 3.58. The van der Waals surface area contributed by atoms with E-state index in [0.717, 1.165) is 22.5 Å². The highest BCUT2D eigenvalue weighted by Crippen LogP contribution is 2.08. The first-order chi connectivity index (χ1) is 10.5. The molecular weight excluding hydrogens is 278 g/mol. The second-order valence-corrected chi connectivity index (χ2v) is 5.30. The lowest BCUT2D eigenvalue weighted by Gasteiger charge is -2.05. The number of amides is 1. The molecule has 0 saturated carbocycles. The molecule has 3 aromatic rings. The quantitative estimate of drug-likeness (QED) is 0.802. The zero-order chi connectivity index (χ0) is 15.7. The lowest BCUT2D eigenvalue weighted by Crippen LogP contribution is -2.24. The van der Waals surface area contributed by atoms with E-state index < -0.39 is 0 Å². The van der Waals surface area contributed by atoms with Crippen LogP contribution in [0.2, 0.25) is 0 Å². The minimum absolute atomic E-state index is 0.134. The number of aryl methyl sites for hydroxylation is 3. The Balaban J connectivity index is 1.81. The summed E-state index contributed by atoms with van der Waals surface area (Å²) in [6.07, 6.45) is 0. The van der Waals surface area contributed by atoms with Gasteiger partial charge in [-0.25, -0.2) is 9.50 Å². The van der Waals surface area contributed by atoms with Crippen LogP contribution in [0.15, 0.2) is 30.3 Å². The van der Waals surface area contributed by atoms with Gasteiger partial charge in [0.05, 0.1) is 0 Å². The summed E-state index contributed by atoms with van der Waals surface area (Å²) in [5.74, 6) is 0.277. The summed E-state index contributed by atoms with van der Waals surface area (Å²) in [6.45, 7) is 6.26. The van der Waals surface area contributed by atoms with Crippen LogP contribution >= 0.6 is 0 Å². The van der Waals surface area contributed by atoms with Crippen molar-refractivity contribution >= 4 is 11.7 Å². The number of aromatic nitrogens is 4. The maximum Gasteiger partial charge on any atom is 0.291 e. The van der Waals surface area contributed by atoms with Gasteiger partial charge in [0.1, 0.15) is 0 Å². The monoisotopic (exact) mass is 295 g/mol. The molecule has 6 nitrogen and oxygen atoms in total. The predicted molar refractivity (Wildman–Crippen MR) is 82.6 cm³/mol. The van der Waals surface area contributed by atoms with Gasteiger partial charge in [0.25, 0.3) is 11.7 Å². The molecule has 2 aromatic heterocycles. The highest BCUT2D eigenvalue weighted by molar-refractivity contribution is 5.90. The number of hydrogen-bond acceptors (Lipinski definition) is 4. The molecule has 2 heterocycles. The second-order valence-electron chi connectivity index (χ2n) is 5.30. The maximum atomic E-state index is 12.2. The van der Waals surface area contributed by atoms with E-state index in [1.54, 1.807) is 4.52 Å². The number of carbonyl (C=O) groups is 1. The van der Waals surface area contributed by atoms with Crippen LogP contribution in [0.4, 0.5) is 0 Å². The van der Waals surface area contributed by atoms with E-state index in [9.17, 15) is 4.79 Å². The molecule has 0 radical (unpaired) electrons. The van der Waals surface area contributed by atoms with Gasteiger partial charge in [0.15, 0.2) is 0 Å². The number of rotatable bonds is 3. The zero-order valence-corrected chi connectivity index (χ0v) is 12.8. The van der Waals surface area contributed by atoms with Crippen LogP contribution in [0.1, 0.15) is 33.1 Å². The summed E-state index contributed by atoms with van der Waals surface area (Å²) in [5.41, 5.74) is 3.96. The van der Waals surface area contributed by atoms with Crippen molar-refractivity contribution in [3.05, 3.63) is 58.7 Å². The lowest BCUT2D eigenvalue weighted by atomic mass is 10.1. The Morgan fingerprint density at radius 2 is 1.95 bits per heavy atom. The van der Waals surface area contributed by atoms with Crippen molar-refractivity contribution in [2.24, 2.45) is 0 Å². The van der Waals surface area contributed by atoms with Crippen LogP contribution in [-0.2, 0) is 6.54 Å². The van der Waals surface area contributed by atoms with Crippen LogP contribution < -0.4 is 5.32 Å². The molecule has 112 valence electrons. The van der Waals surface area contributed by atoms with Gasteiger partial charge in [0.2, 0.25) is 5.82 Å². The minimum atomic E-state index is -0.300. The van der Waals surface area contributed by atoms with Gasteiger partial charge in [-0.15, -0.1) is 5.10 Å². The smallest absolute Gasteiger partial charge is 0.291 e. The summed E-state index contributed by atoms with van der Waals surface area (Å²) in [6, 6.07) is 9.83. The molecule has 22 heavy (non-hydrogen) atoms. The third-order valence-corrected chi connectivity index (χ3v) is 3.52. The Morgan fingerprint density at radius 1 is 1.18 bits per heavy atom. The molecule has 6 heteroatoms. The molecule has 0 bridgehead atoms. The van der Waals surface area contributed by atoms with Crippen molar-refractivity contribution in [1.29, 1.82) is 0 Å². The van der Waals surface area contributed by atoms with E-state index in [1.165, 1.54) is 0 Å². The van der Waals surface area contributed by atoms with Crippen LogP contribution in [0.3, 0.4) is 0 Å². The molecule has 0 spiro atoms. The van der Waals surface area contributed by atoms with Crippen LogP contribution in [0, 0.1) is 20.8 Å². The Morgan fingerprint density at radius 3 is 2.73 bits per heavy atom. The van der Waals surface area contributed by atoms with Crippen molar-refractivity contribution in [2.75, 3.05) is 0 Å². The van der Waals surface area contributed by atoms with E-state index in [4.69, 9.17) is 0 Å². The van der Waals surface area contributed by atoms with Crippen molar-refractivity contribution in [2.45, 2.75) is 27.3 Å². The molecule has 0 aliphatic rings. The number of nitrogens with one attached hydrogen (secondary N) is 1. The molecule has 0 saturated heterocycles. The Bertz CT molecular complexity index is 853. The summed E-state index contributed by atoms with van der Waals surface area (Å²) in [7, 11) is 0. The topological polar surface area (TPSA) is 72.2 Å². The Hall–Kier alpha value is -2.76. The van der Waals surface area contributed by atoms with Crippen LogP contribution in [-0.4, -0.2) is 25.5 Å². The highest BCUT2D eigenvalue weighted by atomic mass is 16.2. The molecule has 1 aromatic carbocycles. The molecule has 0 unspecified atom stereocenters. The molecule has 0 atom stereocenters. The summed E-state index contributed by atoms with van der Waals surface area (Å²) >= 11 is 0. The van der Waals surface area contributed by atoms with Gasteiger partial charge in [-0.2, -0.15) is 4.98 Å². The third-order valence-electron chi connectivity index (χ3n) is 3.52. The van der Waals surface area contributed by atoms with E-state index in [1.807, 2.05) is 51.1 Å². The number of fused-ring (bicyclic) bond motifs is 1. The first-order valence-corrected chi connectivity index (χ1v) is 7.08. The fourth-order valence-corrected chi connectivity index (χ4v) is 2.33. The van der Waals surface area contributed by atoms with Gasteiger partial charge in [-0.1, -0.05) is 24.3 Å². The van der Waals surface area contributed by atoms with Gasteiger partial charge in [-0.05, 0) is 38.0 Å². The van der Waals surface area contributed by atoms with Crippen LogP contribution in [0.5, 0.6) is 0 Å². The first kappa shape index (κ1) is 14.2. The van der Waals surface area contributed by atoms with Crippen molar-refractivity contribution in [3.63, 3.8) is 0 Å². The highest BCUT2D eigenvalue weighted by Gasteiger charge is 2.14. The summed E-state index contributed by atoms with van der Waals surface area (Å²) < 4.78 is 1.58. The number of nitrogens with zero attached hydrogens (tertiary/aromatic N) is 4. The van der Waals surface area contributed by atoms with Gasteiger partial charge in [0, 0.05) is 17.9 Å². The number of hydrogen-bond donors (Lipinski definition) is 1. The van der Waals surface area contributed by atoms with E-state index in [-0.39, 0.29) is 11.7 Å². The third kappa shape index (κ3) is 2.67. The second kappa shape index (κ2) is 5.55. The van der Waals surface area contributed by atoms with Crippen molar-refractivity contribution in [1.82, 2.24) is 24.9 Å². The maximum absolute atomic E-state index is 12.2. The molecule has 0 fully saturated rings. The van der Waals surface area contributed by atoms with Gasteiger partial charge in [-0.3, -0.25) is 4.79 Å². The predicted octanol–water partition coefficient (Wildman–Crippen LogP) is 1.98. The fraction of sp³-hybridized carbons (Fsp3) is 0.250. The Labute approximate surface area is 128 Å². The average Bonchev–Trinajstić information content (AvgIpc) is 2.90. The van der Waals surface area contributed by atoms with Gasteiger partial charge >= 0.3 is 0 Å². The van der Waals surface area contributed by atoms with Crippen molar-refractivity contribution in [3.8, 4) is 0 Å². The largest absolute Gasteiger partial charge is 0.345 e. The molecule has 0 aliphatic heterocycles. The van der Waals surface area contributed by atoms with Crippen LogP contribution in [0.25, 0.3) is 5.78 Å². The number of benzene rings is 1. The summed E-state index contributed by atoms with van der Waals surface area (Å²) in [4.78, 5) is 20.7. The van der Waals surface area contributed by atoms with Crippen molar-refractivity contribution < 1.29 is 4.79 Å². The van der Waals surface area contributed by atoms with E-state index in [2.05, 4.69) is 20.4 Å². The standard InChI is InChI=1S/C16H17N5O/c1-10-6-4-5-7-13(10)9-17-15(22)14-19-16-18-11(2)8-12(3)21(16)20-14/h4-8H,9H2,1-3H3,(H,17,22). The molecule has 0 aliphatic carbocycles. The lowest BCUT2D eigenvalue weighted by molar-refractivity contribution is 0.0940. The first-order valence-electron chi connectivity index (χ1n) is 7.08. The molecular formula is C16H17N5O. The minimum Gasteiger partial charge on any atom is -0.345 e. The molecule has 1 N–H and O–H groups in total. The van der Waals surface area contributed by atoms with E-state index in [0.29, 0.717) is 12.3 Å². The van der Waals surface area contributed by atoms with E-state index >= 15 is 0 Å². The molecule has 1 amide bonds. The normalized spacial score (nSPS) is 10.9. The van der Waals surface area contributed by atoms with Gasteiger partial charge < -0.3 is 5.32 Å². The fourth-order valence-electron chi connectivity index (χ4n) is 2.33. The summed E-state index contributed by atoms with van der Waals surface area (Å²) in [5, 5.41) is 7.07. The zero-order valence-electron chi connectivity index (χ0n) is 12.8.